The molecule has 2 amide bonds. The number of carbonyl (C=O) groups excluding carboxylic acids is 2. The van der Waals surface area contributed by atoms with Crippen molar-refractivity contribution >= 4 is 33.6 Å². The van der Waals surface area contributed by atoms with Gasteiger partial charge >= 0.3 is 0 Å². The van der Waals surface area contributed by atoms with Crippen molar-refractivity contribution in [1.82, 2.24) is 15.5 Å². The lowest BCUT2D eigenvalue weighted by molar-refractivity contribution is -0.125. The number of ether oxygens (including phenoxy) is 1. The van der Waals surface area contributed by atoms with Crippen LogP contribution in [0.3, 0.4) is 0 Å². The summed E-state index contributed by atoms with van der Waals surface area (Å²) in [6, 6.07) is 14.6. The number of nitrogens with one attached hydrogen (secondary N) is 2. The number of hydrogen-bond donors (Lipinski definition) is 3. The summed E-state index contributed by atoms with van der Waals surface area (Å²) in [4.78, 5) is 32.7. The zero-order valence-corrected chi connectivity index (χ0v) is 25.2. The molecule has 0 spiro atoms. The highest BCUT2D eigenvalue weighted by Crippen LogP contribution is 2.31. The Morgan fingerprint density at radius 3 is 2.61 bits per heavy atom. The third-order valence-electron chi connectivity index (χ3n) is 6.64. The van der Waals surface area contributed by atoms with Crippen LogP contribution in [0.1, 0.15) is 60.8 Å². The number of halogens is 1. The van der Waals surface area contributed by atoms with E-state index < -0.39 is 11.6 Å². The van der Waals surface area contributed by atoms with Gasteiger partial charge in [0.1, 0.15) is 17.7 Å². The lowest BCUT2D eigenvalue weighted by Crippen LogP contribution is -2.53. The number of carbonyl (C=O) groups is 2. The van der Waals surface area contributed by atoms with Gasteiger partial charge in [0.05, 0.1) is 40.3 Å². The van der Waals surface area contributed by atoms with E-state index in [1.165, 1.54) is 6.07 Å². The molecular formula is C31H35BrN6O3. The second kappa shape index (κ2) is 12.7. The molecule has 0 aliphatic carbocycles. The summed E-state index contributed by atoms with van der Waals surface area (Å²) in [6.07, 6.45) is 6.36. The molecule has 0 aromatic heterocycles. The molecule has 214 valence electrons. The van der Waals surface area contributed by atoms with Gasteiger partial charge in [0.2, 0.25) is 5.91 Å². The van der Waals surface area contributed by atoms with Gasteiger partial charge < -0.3 is 26.0 Å². The number of nitriles is 1. The maximum Gasteiger partial charge on any atom is 0.251 e. The van der Waals surface area contributed by atoms with Crippen LogP contribution in [0.4, 0.5) is 0 Å². The third-order valence-corrected chi connectivity index (χ3v) is 7.26. The van der Waals surface area contributed by atoms with Gasteiger partial charge in [0.15, 0.2) is 0 Å². The number of benzene rings is 2. The second-order valence-corrected chi connectivity index (χ2v) is 11.9. The van der Waals surface area contributed by atoms with E-state index in [0.717, 1.165) is 28.0 Å². The van der Waals surface area contributed by atoms with Crippen LogP contribution in [0.25, 0.3) is 0 Å². The molecule has 1 unspecified atom stereocenters. The van der Waals surface area contributed by atoms with Crippen molar-refractivity contribution in [3.63, 3.8) is 0 Å². The first-order valence-corrected chi connectivity index (χ1v) is 14.3. The van der Waals surface area contributed by atoms with Gasteiger partial charge in [-0.25, -0.2) is 0 Å². The molecule has 0 saturated carbocycles. The fourth-order valence-electron chi connectivity index (χ4n) is 4.51. The molecule has 2 heterocycles. The van der Waals surface area contributed by atoms with E-state index in [-0.39, 0.29) is 36.1 Å². The van der Waals surface area contributed by atoms with Crippen molar-refractivity contribution < 1.29 is 14.3 Å². The number of amides is 2. The SMILES string of the molecule is CC(C)Oc1ccc(C(=O)N[C@H](CNC(=O)C(C)(C)N)Cc2ccc(C3CN4C=CC=C(Br)C4=N3)cc2)cc1C#N. The first-order valence-electron chi connectivity index (χ1n) is 13.5. The standard InChI is InChI=1S/C31H35BrN6O3/c1-19(2)41-27-12-11-22(15-23(27)16-33)29(39)36-24(17-35-30(40)31(3,4)34)14-20-7-9-21(10-8-20)26-18-38-13-5-6-25(32)28(38)37-26/h5-13,15,19,24,26H,14,17-18,34H2,1-4H3,(H,35,40)(H,36,39)/t24-,26?/m0/s1. The molecule has 2 aliphatic heterocycles. The first kappa shape index (κ1) is 30.0. The number of aliphatic imine (C=N–C) groups is 1. The van der Waals surface area contributed by atoms with E-state index in [4.69, 9.17) is 15.5 Å². The molecule has 2 aliphatic rings. The Labute approximate surface area is 249 Å². The van der Waals surface area contributed by atoms with Gasteiger partial charge in [-0.1, -0.05) is 24.3 Å². The number of allylic oxidation sites excluding steroid dienone is 2. The van der Waals surface area contributed by atoms with E-state index >= 15 is 0 Å². The smallest absolute Gasteiger partial charge is 0.251 e. The Hall–Kier alpha value is -3.94. The largest absolute Gasteiger partial charge is 0.490 e. The quantitative estimate of drug-likeness (QED) is 0.367. The molecule has 2 aromatic rings. The average molecular weight is 620 g/mol. The van der Waals surface area contributed by atoms with Crippen LogP contribution in [0.5, 0.6) is 5.75 Å². The normalized spacial score (nSPS) is 16.8. The lowest BCUT2D eigenvalue weighted by atomic mass is 10.00. The predicted octanol–water partition coefficient (Wildman–Crippen LogP) is 4.10. The van der Waals surface area contributed by atoms with Crippen LogP contribution in [0.15, 0.2) is 70.3 Å². The van der Waals surface area contributed by atoms with Crippen molar-refractivity contribution in [2.24, 2.45) is 10.7 Å². The molecule has 0 fully saturated rings. The zero-order chi connectivity index (χ0) is 29.7. The molecule has 4 rings (SSSR count). The summed E-state index contributed by atoms with van der Waals surface area (Å²) < 4.78 is 6.64. The Morgan fingerprint density at radius 2 is 1.98 bits per heavy atom. The van der Waals surface area contributed by atoms with Gasteiger partial charge in [-0.05, 0) is 91.5 Å². The Bertz CT molecular complexity index is 1430. The molecule has 2 aromatic carbocycles. The van der Waals surface area contributed by atoms with E-state index in [9.17, 15) is 14.9 Å². The number of hydrogen-bond acceptors (Lipinski definition) is 7. The van der Waals surface area contributed by atoms with Crippen LogP contribution < -0.4 is 21.1 Å². The van der Waals surface area contributed by atoms with Crippen LogP contribution in [-0.4, -0.2) is 53.3 Å². The fourth-order valence-corrected chi connectivity index (χ4v) is 5.00. The third kappa shape index (κ3) is 7.63. The lowest BCUT2D eigenvalue weighted by Gasteiger charge is -2.23. The topological polar surface area (TPSA) is 133 Å². The van der Waals surface area contributed by atoms with E-state index in [2.05, 4.69) is 49.7 Å². The number of rotatable bonds is 10. The summed E-state index contributed by atoms with van der Waals surface area (Å²) in [7, 11) is 0. The second-order valence-electron chi connectivity index (χ2n) is 11.0. The van der Waals surface area contributed by atoms with Crippen molar-refractivity contribution in [3.8, 4) is 11.8 Å². The summed E-state index contributed by atoms with van der Waals surface area (Å²) in [5.41, 5.74) is 7.59. The van der Waals surface area contributed by atoms with Gasteiger partial charge in [0.25, 0.3) is 5.91 Å². The molecule has 2 atom stereocenters. The Balaban J connectivity index is 1.48. The van der Waals surface area contributed by atoms with Crippen molar-refractivity contribution in [3.05, 3.63) is 87.6 Å². The predicted molar refractivity (Wildman–Crippen MR) is 163 cm³/mol. The highest BCUT2D eigenvalue weighted by molar-refractivity contribution is 9.12. The molecule has 0 radical (unpaired) electrons. The first-order chi connectivity index (χ1) is 19.4. The highest BCUT2D eigenvalue weighted by Gasteiger charge is 2.28. The fraction of sp³-hybridized carbons (Fsp3) is 0.355. The van der Waals surface area contributed by atoms with Crippen LogP contribution >= 0.6 is 15.9 Å². The monoisotopic (exact) mass is 618 g/mol. The van der Waals surface area contributed by atoms with E-state index in [0.29, 0.717) is 17.7 Å². The highest BCUT2D eigenvalue weighted by atomic mass is 79.9. The number of fused-ring (bicyclic) bond motifs is 1. The zero-order valence-electron chi connectivity index (χ0n) is 23.6. The Kier molecular flexibility index (Phi) is 9.31. The molecule has 41 heavy (non-hydrogen) atoms. The molecule has 9 nitrogen and oxygen atoms in total. The number of amidine groups is 1. The Morgan fingerprint density at radius 1 is 1.24 bits per heavy atom. The summed E-state index contributed by atoms with van der Waals surface area (Å²) in [6.45, 7) is 7.94. The minimum absolute atomic E-state index is 0.0151. The molecule has 10 heteroatoms. The van der Waals surface area contributed by atoms with Gasteiger partial charge in [0, 0.05) is 18.3 Å². The van der Waals surface area contributed by atoms with Gasteiger partial charge in [-0.2, -0.15) is 5.26 Å². The number of nitrogens with zero attached hydrogens (tertiary/aromatic N) is 3. The average Bonchev–Trinajstić information content (AvgIpc) is 3.37. The summed E-state index contributed by atoms with van der Waals surface area (Å²) in [5, 5.41) is 15.4. The number of nitrogens with two attached hydrogens (primary N) is 1. The van der Waals surface area contributed by atoms with E-state index in [1.54, 1.807) is 26.0 Å². The minimum atomic E-state index is -1.06. The minimum Gasteiger partial charge on any atom is -0.490 e. The summed E-state index contributed by atoms with van der Waals surface area (Å²) in [5.74, 6) is 0.674. The molecule has 0 bridgehead atoms. The van der Waals surface area contributed by atoms with Gasteiger partial charge in [-0.15, -0.1) is 0 Å². The van der Waals surface area contributed by atoms with Crippen LogP contribution in [-0.2, 0) is 11.2 Å². The molecule has 4 N–H and O–H groups in total. The maximum absolute atomic E-state index is 13.2. The van der Waals surface area contributed by atoms with Gasteiger partial charge in [-0.3, -0.25) is 14.6 Å². The summed E-state index contributed by atoms with van der Waals surface area (Å²) >= 11 is 3.57. The maximum atomic E-state index is 13.2. The van der Waals surface area contributed by atoms with Crippen LogP contribution in [0.2, 0.25) is 0 Å². The van der Waals surface area contributed by atoms with Crippen molar-refractivity contribution in [2.45, 2.75) is 57.8 Å². The van der Waals surface area contributed by atoms with Crippen molar-refractivity contribution in [1.29, 1.82) is 5.26 Å². The van der Waals surface area contributed by atoms with Crippen molar-refractivity contribution in [2.75, 3.05) is 13.1 Å². The van der Waals surface area contributed by atoms with E-state index in [1.807, 2.05) is 44.3 Å². The molecule has 0 saturated heterocycles. The molecular weight excluding hydrogens is 584 g/mol. The van der Waals surface area contributed by atoms with Crippen LogP contribution in [0, 0.1) is 11.3 Å².